The van der Waals surface area contributed by atoms with E-state index >= 15 is 0 Å². The summed E-state index contributed by atoms with van der Waals surface area (Å²) >= 11 is 0. The maximum Gasteiger partial charge on any atom is 0.143 e. The molecule has 0 aliphatic heterocycles. The van der Waals surface area contributed by atoms with Crippen molar-refractivity contribution in [3.63, 3.8) is 0 Å². The number of hydrogen-bond acceptors (Lipinski definition) is 2. The first kappa shape index (κ1) is 36.9. The smallest absolute Gasteiger partial charge is 0.143 e. The molecule has 2 heterocycles. The molecule has 0 saturated heterocycles. The highest BCUT2D eigenvalue weighted by Gasteiger charge is 2.22. The third kappa shape index (κ3) is 6.05. The first-order valence-corrected chi connectivity index (χ1v) is 22.2. The van der Waals surface area contributed by atoms with Crippen molar-refractivity contribution in [2.45, 2.75) is 0 Å². The van der Waals surface area contributed by atoms with Crippen LogP contribution in [0.15, 0.2) is 247 Å². The van der Waals surface area contributed by atoms with Crippen LogP contribution in [0.5, 0.6) is 0 Å². The Morgan fingerprint density at radius 1 is 0.323 bits per heavy atom. The van der Waals surface area contributed by atoms with Gasteiger partial charge in [0.1, 0.15) is 11.2 Å². The molecule has 13 aromatic rings. The molecule has 13 rings (SSSR count). The number of fused-ring (bicyclic) bond motifs is 9. The van der Waals surface area contributed by atoms with Gasteiger partial charge in [0.2, 0.25) is 0 Å². The Morgan fingerprint density at radius 2 is 0.862 bits per heavy atom. The number of furan rings is 1. The molecule has 0 spiro atoms. The molecule has 0 amide bonds. The van der Waals surface area contributed by atoms with E-state index < -0.39 is 0 Å². The number of benzene rings is 11. The molecule has 0 aliphatic carbocycles. The van der Waals surface area contributed by atoms with Crippen LogP contribution in [0.25, 0.3) is 104 Å². The van der Waals surface area contributed by atoms with Crippen LogP contribution in [0, 0.1) is 0 Å². The zero-order valence-electron chi connectivity index (χ0n) is 35.4. The van der Waals surface area contributed by atoms with Gasteiger partial charge in [0.25, 0.3) is 0 Å². The molecule has 0 atom stereocenters. The molecular formula is C62H40N2O. The molecule has 3 nitrogen and oxygen atoms in total. The summed E-state index contributed by atoms with van der Waals surface area (Å²) in [6, 6.07) is 87.8. The number of hydrogen-bond donors (Lipinski definition) is 0. The van der Waals surface area contributed by atoms with Crippen molar-refractivity contribution in [3.05, 3.63) is 243 Å². The van der Waals surface area contributed by atoms with Crippen molar-refractivity contribution >= 4 is 82.4 Å². The quantitative estimate of drug-likeness (QED) is 0.149. The highest BCUT2D eigenvalue weighted by Crippen LogP contribution is 2.45. The molecule has 3 heteroatoms. The molecule has 0 fully saturated rings. The Hall–Kier alpha value is -8.66. The fraction of sp³-hybridized carbons (Fsp3) is 0. The lowest BCUT2D eigenvalue weighted by molar-refractivity contribution is 0.670. The third-order valence-corrected chi connectivity index (χ3v) is 13.2. The molecule has 0 radical (unpaired) electrons. The van der Waals surface area contributed by atoms with Crippen molar-refractivity contribution in [3.8, 4) is 39.1 Å². The summed E-state index contributed by atoms with van der Waals surface area (Å²) in [6.45, 7) is 0. The van der Waals surface area contributed by atoms with Crippen molar-refractivity contribution < 1.29 is 4.42 Å². The van der Waals surface area contributed by atoms with Crippen LogP contribution in [0.3, 0.4) is 0 Å². The monoisotopic (exact) mass is 828 g/mol. The average molecular weight is 829 g/mol. The minimum Gasteiger partial charge on any atom is -0.455 e. The van der Waals surface area contributed by atoms with Gasteiger partial charge in [-0.25, -0.2) is 0 Å². The zero-order valence-corrected chi connectivity index (χ0v) is 35.4. The molecular weight excluding hydrogens is 789 g/mol. The van der Waals surface area contributed by atoms with Crippen LogP contribution in [-0.2, 0) is 0 Å². The van der Waals surface area contributed by atoms with E-state index in [1.807, 2.05) is 12.1 Å². The number of anilines is 3. The van der Waals surface area contributed by atoms with Crippen LogP contribution in [0.1, 0.15) is 0 Å². The van der Waals surface area contributed by atoms with Gasteiger partial charge in [-0.15, -0.1) is 0 Å². The molecule has 304 valence electrons. The lowest BCUT2D eigenvalue weighted by Crippen LogP contribution is -2.11. The molecule has 0 saturated carbocycles. The fourth-order valence-electron chi connectivity index (χ4n) is 10.2. The number of para-hydroxylation sites is 6. The van der Waals surface area contributed by atoms with E-state index in [4.69, 9.17) is 4.42 Å². The SMILES string of the molecule is c1ccc(N(c2ccc(-c3ccc(-c4cccc5c4oc4ccccc45)cc3)cc2)c2ccc3c(ccc4ccccc43)c2)c(-c2ccccc2-n2c3ccccc3c3ccccc32)c1. The van der Waals surface area contributed by atoms with E-state index in [1.165, 1.54) is 43.4 Å². The Bertz CT molecular complexity index is 3900. The van der Waals surface area contributed by atoms with Crippen molar-refractivity contribution in [1.82, 2.24) is 4.57 Å². The fourth-order valence-corrected chi connectivity index (χ4v) is 10.2. The summed E-state index contributed by atoms with van der Waals surface area (Å²) in [5, 5.41) is 9.71. The van der Waals surface area contributed by atoms with Gasteiger partial charge in [0, 0.05) is 49.6 Å². The second kappa shape index (κ2) is 15.0. The summed E-state index contributed by atoms with van der Waals surface area (Å²) in [5.41, 5.74) is 15.4. The minimum absolute atomic E-state index is 0.910. The maximum absolute atomic E-state index is 6.39. The van der Waals surface area contributed by atoms with Gasteiger partial charge in [-0.05, 0) is 92.8 Å². The zero-order chi connectivity index (χ0) is 42.8. The van der Waals surface area contributed by atoms with E-state index in [0.29, 0.717) is 0 Å². The Labute approximate surface area is 376 Å². The predicted octanol–water partition coefficient (Wildman–Crippen LogP) is 17.5. The Morgan fingerprint density at radius 3 is 1.65 bits per heavy atom. The summed E-state index contributed by atoms with van der Waals surface area (Å²) in [5.74, 6) is 0. The first-order valence-electron chi connectivity index (χ1n) is 22.2. The number of rotatable bonds is 7. The maximum atomic E-state index is 6.39. The highest BCUT2D eigenvalue weighted by molar-refractivity contribution is 6.12. The van der Waals surface area contributed by atoms with E-state index in [0.717, 1.165) is 78.1 Å². The van der Waals surface area contributed by atoms with E-state index in [1.54, 1.807) is 0 Å². The summed E-state index contributed by atoms with van der Waals surface area (Å²) in [4.78, 5) is 2.42. The normalized spacial score (nSPS) is 11.7. The van der Waals surface area contributed by atoms with Crippen LogP contribution >= 0.6 is 0 Å². The van der Waals surface area contributed by atoms with Crippen LogP contribution in [-0.4, -0.2) is 4.57 Å². The largest absolute Gasteiger partial charge is 0.455 e. The summed E-state index contributed by atoms with van der Waals surface area (Å²) < 4.78 is 8.82. The predicted molar refractivity (Wildman–Crippen MR) is 274 cm³/mol. The van der Waals surface area contributed by atoms with Gasteiger partial charge in [-0.2, -0.15) is 0 Å². The highest BCUT2D eigenvalue weighted by atomic mass is 16.3. The van der Waals surface area contributed by atoms with E-state index in [-0.39, 0.29) is 0 Å². The van der Waals surface area contributed by atoms with Gasteiger partial charge in [-0.1, -0.05) is 188 Å². The molecule has 0 N–H and O–H groups in total. The van der Waals surface area contributed by atoms with Crippen LogP contribution in [0.2, 0.25) is 0 Å². The van der Waals surface area contributed by atoms with E-state index in [9.17, 15) is 0 Å². The first-order chi connectivity index (χ1) is 32.2. The lowest BCUT2D eigenvalue weighted by atomic mass is 9.97. The van der Waals surface area contributed by atoms with Gasteiger partial charge in [0.05, 0.1) is 22.4 Å². The Kier molecular flexibility index (Phi) is 8.53. The van der Waals surface area contributed by atoms with Gasteiger partial charge < -0.3 is 13.9 Å². The topological polar surface area (TPSA) is 21.3 Å². The molecule has 0 aliphatic rings. The second-order valence-electron chi connectivity index (χ2n) is 16.8. The van der Waals surface area contributed by atoms with Gasteiger partial charge in [0.15, 0.2) is 0 Å². The summed E-state index contributed by atoms with van der Waals surface area (Å²) in [6.07, 6.45) is 0. The number of nitrogens with zero attached hydrogens (tertiary/aromatic N) is 2. The molecule has 0 bridgehead atoms. The summed E-state index contributed by atoms with van der Waals surface area (Å²) in [7, 11) is 0. The Balaban J connectivity index is 0.943. The molecule has 65 heavy (non-hydrogen) atoms. The van der Waals surface area contributed by atoms with Gasteiger partial charge in [-0.3, -0.25) is 0 Å². The molecule has 11 aromatic carbocycles. The number of aromatic nitrogens is 1. The van der Waals surface area contributed by atoms with Gasteiger partial charge >= 0.3 is 0 Å². The molecule has 2 aromatic heterocycles. The van der Waals surface area contributed by atoms with Crippen molar-refractivity contribution in [1.29, 1.82) is 0 Å². The minimum atomic E-state index is 0.910. The molecule has 0 unspecified atom stereocenters. The van der Waals surface area contributed by atoms with Crippen LogP contribution in [0.4, 0.5) is 17.1 Å². The van der Waals surface area contributed by atoms with Crippen LogP contribution < -0.4 is 4.90 Å². The standard InChI is InChI=1S/C62H40N2O/c1-2-15-48-43(14-1)32-33-45-40-47(38-39-49(45)48)63(46-36-34-42(35-37-46)41-28-30-44(31-29-41)50-21-13-22-56-55-20-7-12-27-61(55)65-62(50)56)57-23-8-3-16-51(57)52-17-4-9-24-58(52)64-59-25-10-5-18-53(59)54-19-6-11-26-60(54)64/h1-40H. The third-order valence-electron chi connectivity index (χ3n) is 13.2. The van der Waals surface area contributed by atoms with Crippen molar-refractivity contribution in [2.75, 3.05) is 4.90 Å². The van der Waals surface area contributed by atoms with Crippen molar-refractivity contribution in [2.24, 2.45) is 0 Å². The average Bonchev–Trinajstić information content (AvgIpc) is 3.93. The lowest BCUT2D eigenvalue weighted by Gasteiger charge is -2.29. The van der Waals surface area contributed by atoms with E-state index in [2.05, 4.69) is 240 Å². The second-order valence-corrected chi connectivity index (χ2v) is 16.8.